The van der Waals surface area contributed by atoms with Crippen molar-refractivity contribution in [3.8, 4) is 0 Å². The van der Waals surface area contributed by atoms with E-state index in [0.717, 1.165) is 25.7 Å². The van der Waals surface area contributed by atoms with Crippen molar-refractivity contribution < 1.29 is 29.8 Å². The summed E-state index contributed by atoms with van der Waals surface area (Å²) in [6.45, 7) is 10.7. The number of hydrogen-bond acceptors (Lipinski definition) is 9. The van der Waals surface area contributed by atoms with Crippen LogP contribution in [0.25, 0.3) is 0 Å². The standard InChI is InChI=1S/C25H41N3O9/c1-6-7-15(2)18-8-9-19-22-20(36-27(31)32)13-16-12-17(35-26(29)30)10-11-24(16,4)25(22,5)21(37-28(33)34)14-23(18,19)3/h15-22H,6-14H2,1-5H3/t15-,16+,17-,18-,19+,20-,21-,22-,23-,24+,25+/m1/s1. The molecule has 0 bridgehead atoms. The fraction of sp³-hybridized carbons (Fsp3) is 1.00. The Bertz CT molecular complexity index is 920. The molecule has 0 amide bonds. The molecule has 0 spiro atoms. The third kappa shape index (κ3) is 4.37. The Balaban J connectivity index is 1.81. The van der Waals surface area contributed by atoms with E-state index in [1.54, 1.807) is 0 Å². The summed E-state index contributed by atoms with van der Waals surface area (Å²) in [5, 5.41) is 32.4. The van der Waals surface area contributed by atoms with E-state index in [2.05, 4.69) is 27.7 Å². The lowest BCUT2D eigenvalue weighted by atomic mass is 9.36. The van der Waals surface area contributed by atoms with Gasteiger partial charge in [0.25, 0.3) is 15.3 Å². The first-order chi connectivity index (χ1) is 17.3. The molecule has 0 aromatic carbocycles. The summed E-state index contributed by atoms with van der Waals surface area (Å²) in [5.41, 5.74) is -1.55. The van der Waals surface area contributed by atoms with Crippen LogP contribution < -0.4 is 0 Å². The van der Waals surface area contributed by atoms with E-state index in [-0.39, 0.29) is 23.2 Å². The molecule has 0 N–H and O–H groups in total. The van der Waals surface area contributed by atoms with Crippen LogP contribution >= 0.6 is 0 Å². The molecule has 0 aromatic rings. The van der Waals surface area contributed by atoms with Gasteiger partial charge in [-0.2, -0.15) is 0 Å². The summed E-state index contributed by atoms with van der Waals surface area (Å²) < 4.78 is 0. The van der Waals surface area contributed by atoms with Gasteiger partial charge in [-0.15, -0.1) is 30.3 Å². The normalized spacial score (nSPS) is 45.5. The molecule has 4 saturated carbocycles. The van der Waals surface area contributed by atoms with Crippen molar-refractivity contribution >= 4 is 0 Å². The molecular weight excluding hydrogens is 486 g/mol. The van der Waals surface area contributed by atoms with Gasteiger partial charge in [0.15, 0.2) is 0 Å². The van der Waals surface area contributed by atoms with Crippen molar-refractivity contribution in [1.82, 2.24) is 0 Å². The van der Waals surface area contributed by atoms with Crippen LogP contribution in [-0.4, -0.2) is 33.6 Å². The third-order valence-corrected chi connectivity index (χ3v) is 11.6. The first-order valence-corrected chi connectivity index (χ1v) is 13.7. The van der Waals surface area contributed by atoms with E-state index in [9.17, 15) is 30.3 Å². The molecule has 4 aliphatic rings. The van der Waals surface area contributed by atoms with E-state index in [4.69, 9.17) is 14.5 Å². The fourth-order valence-corrected chi connectivity index (χ4v) is 9.95. The van der Waals surface area contributed by atoms with Gasteiger partial charge in [0.05, 0.1) is 0 Å². The average Bonchev–Trinajstić information content (AvgIpc) is 3.11. The summed E-state index contributed by atoms with van der Waals surface area (Å²) in [5.74, 6) is 0.359. The molecule has 0 radical (unpaired) electrons. The molecule has 12 heteroatoms. The molecule has 4 aliphatic carbocycles. The molecule has 37 heavy (non-hydrogen) atoms. The predicted molar refractivity (Wildman–Crippen MR) is 130 cm³/mol. The zero-order valence-electron chi connectivity index (χ0n) is 22.5. The summed E-state index contributed by atoms with van der Waals surface area (Å²) in [4.78, 5) is 50.5. The molecule has 0 saturated heterocycles. The molecule has 12 nitrogen and oxygen atoms in total. The van der Waals surface area contributed by atoms with Crippen molar-refractivity contribution in [2.75, 3.05) is 0 Å². The second-order valence-electron chi connectivity index (χ2n) is 12.8. The summed E-state index contributed by atoms with van der Waals surface area (Å²) in [6, 6.07) is 0. The SMILES string of the molecule is CCC[C@@H](C)[C@H]1CC[C@H]2[C@@H]3[C@H](O[N+](=O)[O-])C[C@@H]4C[C@H](O[N+](=O)[O-])CC[C@]4(C)[C@@]3(C)[C@H](O[N+](=O)[O-])C[C@]12C. The number of fused-ring (bicyclic) bond motifs is 5. The van der Waals surface area contributed by atoms with Crippen LogP contribution in [0.1, 0.15) is 92.4 Å². The van der Waals surface area contributed by atoms with Gasteiger partial charge in [0.1, 0.15) is 18.3 Å². The highest BCUT2D eigenvalue weighted by molar-refractivity contribution is 5.19. The van der Waals surface area contributed by atoms with Gasteiger partial charge in [-0.05, 0) is 85.4 Å². The van der Waals surface area contributed by atoms with Gasteiger partial charge < -0.3 is 14.5 Å². The van der Waals surface area contributed by atoms with Gasteiger partial charge in [-0.1, -0.05) is 47.5 Å². The summed E-state index contributed by atoms with van der Waals surface area (Å²) >= 11 is 0. The Morgan fingerprint density at radius 3 is 2.16 bits per heavy atom. The maximum absolute atomic E-state index is 11.8. The second kappa shape index (κ2) is 9.72. The summed E-state index contributed by atoms with van der Waals surface area (Å²) in [7, 11) is 0. The monoisotopic (exact) mass is 527 g/mol. The zero-order valence-corrected chi connectivity index (χ0v) is 22.5. The molecule has 210 valence electrons. The van der Waals surface area contributed by atoms with Crippen LogP contribution in [0, 0.1) is 76.2 Å². The maximum Gasteiger partial charge on any atom is 0.294 e. The molecule has 0 unspecified atom stereocenters. The van der Waals surface area contributed by atoms with Crippen molar-refractivity contribution in [2.45, 2.75) is 111 Å². The number of hydrogen-bond donors (Lipinski definition) is 0. The van der Waals surface area contributed by atoms with Crippen LogP contribution in [-0.2, 0) is 14.5 Å². The van der Waals surface area contributed by atoms with Gasteiger partial charge in [0.2, 0.25) is 0 Å². The molecule has 4 fully saturated rings. The molecule has 0 aliphatic heterocycles. The number of rotatable bonds is 9. The Labute approximate surface area is 217 Å². The van der Waals surface area contributed by atoms with Crippen LogP contribution in [0.2, 0.25) is 0 Å². The van der Waals surface area contributed by atoms with Crippen molar-refractivity contribution in [2.24, 2.45) is 45.8 Å². The topological polar surface area (TPSA) is 157 Å². The summed E-state index contributed by atoms with van der Waals surface area (Å²) in [6.07, 6.45) is 4.06. The lowest BCUT2D eigenvalue weighted by Gasteiger charge is -2.69. The molecule has 0 aromatic heterocycles. The van der Waals surface area contributed by atoms with E-state index in [0.29, 0.717) is 43.9 Å². The molecule has 4 rings (SSSR count). The van der Waals surface area contributed by atoms with E-state index >= 15 is 0 Å². The smallest absolute Gasteiger partial charge is 0.294 e. The first-order valence-electron chi connectivity index (χ1n) is 13.7. The van der Waals surface area contributed by atoms with Gasteiger partial charge in [-0.25, -0.2) is 0 Å². The minimum atomic E-state index is -0.795. The largest absolute Gasteiger partial charge is 0.311 e. The maximum atomic E-state index is 11.8. The highest BCUT2D eigenvalue weighted by Gasteiger charge is 2.72. The average molecular weight is 528 g/mol. The minimum absolute atomic E-state index is 0.101. The van der Waals surface area contributed by atoms with Crippen molar-refractivity contribution in [1.29, 1.82) is 0 Å². The van der Waals surface area contributed by atoms with E-state index in [1.807, 2.05) is 6.92 Å². The van der Waals surface area contributed by atoms with Gasteiger partial charge in [0, 0.05) is 5.41 Å². The lowest BCUT2D eigenvalue weighted by molar-refractivity contribution is -0.784. The fourth-order valence-electron chi connectivity index (χ4n) is 9.95. The van der Waals surface area contributed by atoms with Gasteiger partial charge in [-0.3, -0.25) is 0 Å². The van der Waals surface area contributed by atoms with Crippen LogP contribution in [0.5, 0.6) is 0 Å². The van der Waals surface area contributed by atoms with Crippen LogP contribution in [0.4, 0.5) is 0 Å². The zero-order chi connectivity index (χ0) is 27.3. The van der Waals surface area contributed by atoms with Crippen molar-refractivity contribution in [3.05, 3.63) is 30.3 Å². The van der Waals surface area contributed by atoms with Gasteiger partial charge >= 0.3 is 0 Å². The molecular formula is C25H41N3O9. The Morgan fingerprint density at radius 1 is 0.919 bits per heavy atom. The molecule has 0 heterocycles. The van der Waals surface area contributed by atoms with Crippen LogP contribution in [0.3, 0.4) is 0 Å². The Kier molecular flexibility index (Phi) is 7.26. The van der Waals surface area contributed by atoms with Crippen LogP contribution in [0.15, 0.2) is 0 Å². The molecule has 11 atom stereocenters. The quantitative estimate of drug-likeness (QED) is 0.282. The lowest BCUT2D eigenvalue weighted by Crippen LogP contribution is -2.70. The second-order valence-corrected chi connectivity index (χ2v) is 12.8. The van der Waals surface area contributed by atoms with E-state index < -0.39 is 44.4 Å². The van der Waals surface area contributed by atoms with Crippen molar-refractivity contribution in [3.63, 3.8) is 0 Å². The minimum Gasteiger partial charge on any atom is -0.311 e. The number of nitrogens with zero attached hydrogens (tertiary/aromatic N) is 3. The highest BCUT2D eigenvalue weighted by atomic mass is 17.0. The third-order valence-electron chi connectivity index (χ3n) is 11.6. The highest BCUT2D eigenvalue weighted by Crippen LogP contribution is 2.74. The first kappa shape index (κ1) is 27.6. The van der Waals surface area contributed by atoms with E-state index in [1.165, 1.54) is 0 Å². The Morgan fingerprint density at radius 2 is 1.57 bits per heavy atom. The Hall–Kier alpha value is -2.40. The predicted octanol–water partition coefficient (Wildman–Crippen LogP) is 5.42.